The smallest absolute Gasteiger partial charge is 0.133 e. The van der Waals surface area contributed by atoms with E-state index in [0.717, 1.165) is 58.3 Å². The Hall–Kier alpha value is -3.25. The van der Waals surface area contributed by atoms with Gasteiger partial charge in [0.2, 0.25) is 0 Å². The average molecular weight is 489 g/mol. The Morgan fingerprint density at radius 3 is 2.86 bits per heavy atom. The van der Waals surface area contributed by atoms with Gasteiger partial charge in [-0.3, -0.25) is 9.98 Å². The van der Waals surface area contributed by atoms with Crippen LogP contribution < -0.4 is 9.47 Å². The molecule has 1 atom stereocenters. The van der Waals surface area contributed by atoms with Crippen LogP contribution in [0.15, 0.2) is 59.0 Å². The Bertz CT molecular complexity index is 1240. The second-order valence-corrected chi connectivity index (χ2v) is 9.73. The van der Waals surface area contributed by atoms with Crippen molar-refractivity contribution in [3.05, 3.63) is 75.7 Å². The van der Waals surface area contributed by atoms with Crippen molar-refractivity contribution in [1.29, 1.82) is 0 Å². The molecule has 0 bridgehead atoms. The fraction of sp³-hybridized carbons (Fsp3) is 0.345. The second-order valence-electron chi connectivity index (χ2n) is 8.78. The number of thiophene rings is 1. The lowest BCUT2D eigenvalue weighted by molar-refractivity contribution is -0.116. The summed E-state index contributed by atoms with van der Waals surface area (Å²) in [7, 11) is 0. The predicted molar refractivity (Wildman–Crippen MR) is 143 cm³/mol. The van der Waals surface area contributed by atoms with Crippen LogP contribution in [-0.4, -0.2) is 23.1 Å². The van der Waals surface area contributed by atoms with E-state index < -0.39 is 0 Å². The van der Waals surface area contributed by atoms with E-state index in [1.807, 2.05) is 31.2 Å². The summed E-state index contributed by atoms with van der Waals surface area (Å²) in [4.78, 5) is 22.2. The summed E-state index contributed by atoms with van der Waals surface area (Å²) in [6.07, 6.45) is 6.58. The van der Waals surface area contributed by atoms with Crippen molar-refractivity contribution in [2.24, 2.45) is 10.9 Å². The molecule has 0 aliphatic carbocycles. The highest BCUT2D eigenvalue weighted by Crippen LogP contribution is 2.35. The number of hydrogen-bond acceptors (Lipinski definition) is 6. The number of allylic oxidation sites excluding steroid dienone is 1. The van der Waals surface area contributed by atoms with Crippen LogP contribution in [0.1, 0.15) is 55.8 Å². The second kappa shape index (κ2) is 11.5. The van der Waals surface area contributed by atoms with Gasteiger partial charge in [-0.1, -0.05) is 19.1 Å². The molecule has 3 heterocycles. The molecule has 6 heteroatoms. The van der Waals surface area contributed by atoms with Crippen LogP contribution in [0.25, 0.3) is 5.70 Å². The monoisotopic (exact) mass is 488 g/mol. The number of fused-ring (bicyclic) bond motifs is 1. The number of carbonyl (C=O) groups is 1. The van der Waals surface area contributed by atoms with Gasteiger partial charge in [-0.2, -0.15) is 0 Å². The molecule has 1 aliphatic rings. The van der Waals surface area contributed by atoms with Gasteiger partial charge in [0.25, 0.3) is 0 Å². The number of carbonyl (C=O) groups excluding carboxylic acids is 1. The molecule has 1 unspecified atom stereocenters. The topological polar surface area (TPSA) is 60.8 Å². The fourth-order valence-corrected chi connectivity index (χ4v) is 5.03. The first-order chi connectivity index (χ1) is 17.0. The molecule has 0 fully saturated rings. The minimum absolute atomic E-state index is 0.163. The van der Waals surface area contributed by atoms with E-state index in [4.69, 9.17) is 14.5 Å². The van der Waals surface area contributed by atoms with E-state index >= 15 is 0 Å². The zero-order valence-electron chi connectivity index (χ0n) is 20.8. The van der Waals surface area contributed by atoms with E-state index in [-0.39, 0.29) is 11.7 Å². The third-order valence-electron chi connectivity index (χ3n) is 6.26. The highest BCUT2D eigenvalue weighted by atomic mass is 32.1. The van der Waals surface area contributed by atoms with Crippen LogP contribution in [0, 0.1) is 5.92 Å². The maximum atomic E-state index is 11.6. The molecule has 1 aromatic carbocycles. The lowest BCUT2D eigenvalue weighted by Crippen LogP contribution is -2.26. The molecule has 4 rings (SSSR count). The summed E-state index contributed by atoms with van der Waals surface area (Å²) in [6, 6.07) is 12.0. The molecule has 0 saturated heterocycles. The zero-order chi connectivity index (χ0) is 24.8. The summed E-state index contributed by atoms with van der Waals surface area (Å²) in [6.45, 7) is 8.41. The van der Waals surface area contributed by atoms with Crippen molar-refractivity contribution in [2.45, 2.75) is 53.4 Å². The number of benzene rings is 1. The highest BCUT2D eigenvalue weighted by Gasteiger charge is 2.23. The van der Waals surface area contributed by atoms with Gasteiger partial charge in [-0.25, -0.2) is 0 Å². The molecule has 182 valence electrons. The number of Topliss-reactive ketones (excluding diaryl/α,β-unsaturated/α-hetero) is 1. The SMILES string of the molecule is C/C=C(\N=C(C)C1COc2ccc(Oc3ccnc(CC)c3CCC(C)=O)cc2C1)c1cccs1. The number of rotatable bonds is 9. The number of ketones is 1. The van der Waals surface area contributed by atoms with Gasteiger partial charge in [0, 0.05) is 35.5 Å². The average Bonchev–Trinajstić information content (AvgIpc) is 3.40. The van der Waals surface area contributed by atoms with Gasteiger partial charge in [0.05, 0.1) is 17.2 Å². The van der Waals surface area contributed by atoms with Gasteiger partial charge < -0.3 is 14.3 Å². The van der Waals surface area contributed by atoms with Crippen molar-refractivity contribution >= 4 is 28.5 Å². The number of aromatic nitrogens is 1. The van der Waals surface area contributed by atoms with Crippen molar-refractivity contribution in [1.82, 2.24) is 4.98 Å². The number of nitrogens with zero attached hydrogens (tertiary/aromatic N) is 2. The third kappa shape index (κ3) is 6.06. The number of ether oxygens (including phenoxy) is 2. The molecular formula is C29H32N2O3S. The lowest BCUT2D eigenvalue weighted by Gasteiger charge is -2.26. The van der Waals surface area contributed by atoms with Crippen LogP contribution in [-0.2, 0) is 24.1 Å². The van der Waals surface area contributed by atoms with Crippen LogP contribution >= 0.6 is 11.3 Å². The number of pyridine rings is 1. The van der Waals surface area contributed by atoms with Gasteiger partial charge in [-0.15, -0.1) is 11.3 Å². The molecule has 0 saturated carbocycles. The molecule has 35 heavy (non-hydrogen) atoms. The summed E-state index contributed by atoms with van der Waals surface area (Å²) < 4.78 is 12.4. The van der Waals surface area contributed by atoms with E-state index in [1.54, 1.807) is 24.5 Å². The third-order valence-corrected chi connectivity index (χ3v) is 7.16. The molecule has 0 spiro atoms. The summed E-state index contributed by atoms with van der Waals surface area (Å²) in [5, 5.41) is 2.07. The summed E-state index contributed by atoms with van der Waals surface area (Å²) >= 11 is 1.70. The van der Waals surface area contributed by atoms with E-state index in [0.29, 0.717) is 19.4 Å². The van der Waals surface area contributed by atoms with E-state index in [9.17, 15) is 4.79 Å². The van der Waals surface area contributed by atoms with Crippen LogP contribution in [0.5, 0.6) is 17.2 Å². The van der Waals surface area contributed by atoms with Gasteiger partial charge in [0.1, 0.15) is 23.0 Å². The maximum absolute atomic E-state index is 11.6. The molecule has 1 aliphatic heterocycles. The van der Waals surface area contributed by atoms with Crippen LogP contribution in [0.4, 0.5) is 0 Å². The van der Waals surface area contributed by atoms with E-state index in [2.05, 4.69) is 42.4 Å². The standard InChI is InChI=1S/C29H32N2O3S/c1-5-25-24(11-9-19(3)32)28(13-14-30-25)34-23-10-12-27-21(17-23)16-22(18-33-27)20(4)31-26(6-2)29-8-7-15-35-29/h6-8,10,12-15,17,22H,5,9,11,16,18H2,1-4H3/b26-6-,31-20?. The molecule has 5 nitrogen and oxygen atoms in total. The Morgan fingerprint density at radius 1 is 1.29 bits per heavy atom. The van der Waals surface area contributed by atoms with Gasteiger partial charge in [0.15, 0.2) is 0 Å². The minimum Gasteiger partial charge on any atom is -0.493 e. The number of aliphatic imine (C=N–C) groups is 1. The van der Waals surface area contributed by atoms with Crippen molar-refractivity contribution in [3.63, 3.8) is 0 Å². The van der Waals surface area contributed by atoms with Crippen LogP contribution in [0.3, 0.4) is 0 Å². The van der Waals surface area contributed by atoms with Gasteiger partial charge >= 0.3 is 0 Å². The van der Waals surface area contributed by atoms with Crippen molar-refractivity contribution in [2.75, 3.05) is 6.61 Å². The Labute approximate surface area is 211 Å². The van der Waals surface area contributed by atoms with Crippen LogP contribution in [0.2, 0.25) is 0 Å². The molecule has 0 amide bonds. The van der Waals surface area contributed by atoms with E-state index in [1.165, 1.54) is 4.88 Å². The molecule has 2 aromatic heterocycles. The molecule has 0 radical (unpaired) electrons. The summed E-state index contributed by atoms with van der Waals surface area (Å²) in [5.41, 5.74) is 5.16. The Kier molecular flexibility index (Phi) is 8.13. The number of aryl methyl sites for hydroxylation is 1. The molecular weight excluding hydrogens is 456 g/mol. The Morgan fingerprint density at radius 2 is 2.14 bits per heavy atom. The van der Waals surface area contributed by atoms with Crippen molar-refractivity contribution in [3.8, 4) is 17.2 Å². The minimum atomic E-state index is 0.163. The first-order valence-electron chi connectivity index (χ1n) is 12.1. The normalized spacial score (nSPS) is 15.9. The van der Waals surface area contributed by atoms with Crippen molar-refractivity contribution < 1.29 is 14.3 Å². The highest BCUT2D eigenvalue weighted by molar-refractivity contribution is 7.11. The number of hydrogen-bond donors (Lipinski definition) is 0. The maximum Gasteiger partial charge on any atom is 0.133 e. The summed E-state index contributed by atoms with van der Waals surface area (Å²) in [5.74, 6) is 2.78. The first-order valence-corrected chi connectivity index (χ1v) is 13.0. The molecule has 0 N–H and O–H groups in total. The lowest BCUT2D eigenvalue weighted by atomic mass is 9.93. The predicted octanol–water partition coefficient (Wildman–Crippen LogP) is 7.09. The first kappa shape index (κ1) is 24.9. The molecule has 3 aromatic rings. The van der Waals surface area contributed by atoms with Gasteiger partial charge in [-0.05, 0) is 81.3 Å². The largest absolute Gasteiger partial charge is 0.493 e. The zero-order valence-corrected chi connectivity index (χ0v) is 21.7. The Balaban J connectivity index is 1.54. The quantitative estimate of drug-likeness (QED) is 0.302. The fourth-order valence-electron chi connectivity index (χ4n) is 4.28.